The number of nitrogens with one attached hydrogen (secondary N) is 1. The molecule has 4 aromatic rings. The van der Waals surface area contributed by atoms with E-state index >= 15 is 0 Å². The molecule has 0 spiro atoms. The van der Waals surface area contributed by atoms with Crippen LogP contribution in [-0.2, 0) is 18.3 Å². The zero-order chi connectivity index (χ0) is 23.4. The number of imidazole rings is 1. The molecule has 10 heteroatoms. The van der Waals surface area contributed by atoms with Crippen LogP contribution in [0.2, 0.25) is 0 Å². The van der Waals surface area contributed by atoms with Crippen LogP contribution in [0.3, 0.4) is 0 Å². The second-order valence-electron chi connectivity index (χ2n) is 7.09. The Balaban J connectivity index is 1.43. The van der Waals surface area contributed by atoms with Crippen LogP contribution in [0.5, 0.6) is 11.5 Å². The molecule has 0 atom stereocenters. The maximum atomic E-state index is 13.0. The molecule has 0 bridgehead atoms. The molecule has 0 unspecified atom stereocenters. The number of ether oxygens (including phenoxy) is 1. The Morgan fingerprint density at radius 2 is 1.97 bits per heavy atom. The first-order chi connectivity index (χ1) is 15.9. The van der Waals surface area contributed by atoms with Crippen molar-refractivity contribution in [2.75, 3.05) is 0 Å². The van der Waals surface area contributed by atoms with Crippen molar-refractivity contribution in [2.24, 2.45) is 12.1 Å². The molecule has 1 aromatic heterocycles. The Kier molecular flexibility index (Phi) is 6.07. The van der Waals surface area contributed by atoms with Crippen LogP contribution < -0.4 is 10.2 Å². The number of hydrogen-bond acceptors (Lipinski definition) is 6. The molecule has 0 radical (unpaired) electrons. The minimum atomic E-state index is -0.597. The predicted octanol–water partition coefficient (Wildman–Crippen LogP) is 4.11. The molecular weight excluding hydrogens is 429 g/mol. The van der Waals surface area contributed by atoms with Crippen LogP contribution in [0.25, 0.3) is 11.0 Å². The van der Waals surface area contributed by atoms with Crippen LogP contribution in [0, 0.1) is 15.9 Å². The van der Waals surface area contributed by atoms with E-state index in [1.54, 1.807) is 6.07 Å². The van der Waals surface area contributed by atoms with E-state index in [9.17, 15) is 19.3 Å². The van der Waals surface area contributed by atoms with Gasteiger partial charge in [-0.2, -0.15) is 5.10 Å². The van der Waals surface area contributed by atoms with Crippen molar-refractivity contribution in [2.45, 2.75) is 6.42 Å². The van der Waals surface area contributed by atoms with Gasteiger partial charge in [-0.15, -0.1) is 0 Å². The van der Waals surface area contributed by atoms with Crippen molar-refractivity contribution in [3.05, 3.63) is 94.0 Å². The van der Waals surface area contributed by atoms with Crippen molar-refractivity contribution >= 4 is 28.8 Å². The molecule has 0 fully saturated rings. The minimum Gasteiger partial charge on any atom is -0.450 e. The molecule has 0 saturated carbocycles. The Labute approximate surface area is 187 Å². The van der Waals surface area contributed by atoms with Gasteiger partial charge in [0.25, 0.3) is 0 Å². The molecule has 3 aromatic carbocycles. The van der Waals surface area contributed by atoms with Gasteiger partial charge in [-0.1, -0.05) is 12.1 Å². The molecule has 0 aliphatic carbocycles. The molecule has 0 saturated heterocycles. The summed E-state index contributed by atoms with van der Waals surface area (Å²) >= 11 is 0. The number of hydrogen-bond donors (Lipinski definition) is 1. The van der Waals surface area contributed by atoms with Gasteiger partial charge in [-0.05, 0) is 48.5 Å². The standard InChI is InChI=1S/C23H18FN5O4/c1-28-19-5-3-2-4-18(19)26-22(28)13-23(30)27-25-14-15-6-11-21(20(12-15)29(31)32)33-17-9-7-16(24)8-10-17/h2-12,14H,13H2,1H3,(H,27,30)/b25-14-. The number of halogens is 1. The molecule has 166 valence electrons. The van der Waals surface area contributed by atoms with Crippen LogP contribution in [0.4, 0.5) is 10.1 Å². The number of hydrazone groups is 1. The number of fused-ring (bicyclic) bond motifs is 1. The molecule has 1 N–H and O–H groups in total. The third kappa shape index (κ3) is 5.01. The topological polar surface area (TPSA) is 112 Å². The monoisotopic (exact) mass is 447 g/mol. The van der Waals surface area contributed by atoms with E-state index in [1.807, 2.05) is 35.9 Å². The summed E-state index contributed by atoms with van der Waals surface area (Å²) in [6, 6.07) is 16.9. The Morgan fingerprint density at radius 3 is 2.70 bits per heavy atom. The van der Waals surface area contributed by atoms with Gasteiger partial charge in [0, 0.05) is 18.7 Å². The Hall–Kier alpha value is -4.60. The number of para-hydroxylation sites is 2. The van der Waals surface area contributed by atoms with Gasteiger partial charge in [0.1, 0.15) is 17.4 Å². The smallest absolute Gasteiger partial charge is 0.312 e. The fourth-order valence-electron chi connectivity index (χ4n) is 3.19. The van der Waals surface area contributed by atoms with E-state index in [0.29, 0.717) is 11.4 Å². The minimum absolute atomic E-state index is 0.00496. The van der Waals surface area contributed by atoms with E-state index in [4.69, 9.17) is 4.74 Å². The van der Waals surface area contributed by atoms with Crippen LogP contribution in [0.1, 0.15) is 11.4 Å². The summed E-state index contributed by atoms with van der Waals surface area (Å²) in [5.41, 5.74) is 4.20. The van der Waals surface area contributed by atoms with Gasteiger partial charge in [0.05, 0.1) is 28.6 Å². The highest BCUT2D eigenvalue weighted by molar-refractivity contribution is 5.85. The number of benzene rings is 3. The van der Waals surface area contributed by atoms with E-state index in [0.717, 1.165) is 11.0 Å². The van der Waals surface area contributed by atoms with Crippen LogP contribution in [-0.4, -0.2) is 26.6 Å². The highest BCUT2D eigenvalue weighted by Gasteiger charge is 2.17. The third-order valence-corrected chi connectivity index (χ3v) is 4.82. The lowest BCUT2D eigenvalue weighted by molar-refractivity contribution is -0.385. The average Bonchev–Trinajstić information content (AvgIpc) is 3.11. The van der Waals surface area contributed by atoms with Gasteiger partial charge in [-0.25, -0.2) is 14.8 Å². The normalized spacial score (nSPS) is 11.1. The number of nitro groups is 1. The Morgan fingerprint density at radius 1 is 1.21 bits per heavy atom. The molecule has 0 aliphatic heterocycles. The van der Waals surface area contributed by atoms with Crippen molar-refractivity contribution in [1.82, 2.24) is 15.0 Å². The summed E-state index contributed by atoms with van der Waals surface area (Å²) in [6.07, 6.45) is 1.31. The molecule has 33 heavy (non-hydrogen) atoms. The van der Waals surface area contributed by atoms with E-state index < -0.39 is 10.7 Å². The second kappa shape index (κ2) is 9.27. The predicted molar refractivity (Wildman–Crippen MR) is 120 cm³/mol. The van der Waals surface area contributed by atoms with Crippen molar-refractivity contribution in [3.8, 4) is 11.5 Å². The lowest BCUT2D eigenvalue weighted by atomic mass is 10.2. The van der Waals surface area contributed by atoms with Gasteiger partial charge < -0.3 is 9.30 Å². The second-order valence-corrected chi connectivity index (χ2v) is 7.09. The van der Waals surface area contributed by atoms with E-state index in [-0.39, 0.29) is 29.5 Å². The average molecular weight is 447 g/mol. The number of nitro benzene ring substituents is 1. The summed E-state index contributed by atoms with van der Waals surface area (Å²) in [6.45, 7) is 0. The molecule has 9 nitrogen and oxygen atoms in total. The number of nitrogens with zero attached hydrogens (tertiary/aromatic N) is 4. The zero-order valence-electron chi connectivity index (χ0n) is 17.4. The molecule has 0 aliphatic rings. The maximum absolute atomic E-state index is 13.0. The summed E-state index contributed by atoms with van der Waals surface area (Å²) in [7, 11) is 1.83. The number of aryl methyl sites for hydroxylation is 1. The number of carbonyl (C=O) groups excluding carboxylic acids is 1. The number of amides is 1. The first kappa shape index (κ1) is 21.6. The largest absolute Gasteiger partial charge is 0.450 e. The fraction of sp³-hybridized carbons (Fsp3) is 0.0870. The van der Waals surface area contributed by atoms with Gasteiger partial charge in [0.2, 0.25) is 11.7 Å². The molecule has 1 amide bonds. The highest BCUT2D eigenvalue weighted by Crippen LogP contribution is 2.32. The molecular formula is C23H18FN5O4. The summed E-state index contributed by atoms with van der Waals surface area (Å²) in [5, 5.41) is 15.3. The number of aromatic nitrogens is 2. The lowest BCUT2D eigenvalue weighted by Crippen LogP contribution is -2.21. The Bertz CT molecular complexity index is 1370. The number of carbonyl (C=O) groups is 1. The van der Waals surface area contributed by atoms with Gasteiger partial charge in [-0.3, -0.25) is 14.9 Å². The van der Waals surface area contributed by atoms with Crippen molar-refractivity contribution < 1.29 is 18.8 Å². The fourth-order valence-corrected chi connectivity index (χ4v) is 3.19. The van der Waals surface area contributed by atoms with Gasteiger partial charge >= 0.3 is 5.69 Å². The molecule has 4 rings (SSSR count). The first-order valence-electron chi connectivity index (χ1n) is 9.85. The SMILES string of the molecule is Cn1c(CC(=O)N/N=C\c2ccc(Oc3ccc(F)cc3)c([N+](=O)[O-])c2)nc2ccccc21. The first-order valence-corrected chi connectivity index (χ1v) is 9.85. The zero-order valence-corrected chi connectivity index (χ0v) is 17.4. The van der Waals surface area contributed by atoms with Crippen LogP contribution >= 0.6 is 0 Å². The van der Waals surface area contributed by atoms with Crippen LogP contribution in [0.15, 0.2) is 71.8 Å². The summed E-state index contributed by atoms with van der Waals surface area (Å²) < 4.78 is 20.4. The summed E-state index contributed by atoms with van der Waals surface area (Å²) in [4.78, 5) is 27.5. The lowest BCUT2D eigenvalue weighted by Gasteiger charge is -2.07. The van der Waals surface area contributed by atoms with Gasteiger partial charge in [0.15, 0.2) is 0 Å². The quantitative estimate of drug-likeness (QED) is 0.260. The van der Waals surface area contributed by atoms with Crippen molar-refractivity contribution in [1.29, 1.82) is 0 Å². The third-order valence-electron chi connectivity index (χ3n) is 4.82. The number of rotatable bonds is 7. The van der Waals surface area contributed by atoms with Crippen molar-refractivity contribution in [3.63, 3.8) is 0 Å². The molecule has 1 heterocycles. The maximum Gasteiger partial charge on any atom is 0.312 e. The summed E-state index contributed by atoms with van der Waals surface area (Å²) in [5.74, 6) is 0.0173. The van der Waals surface area contributed by atoms with E-state index in [2.05, 4.69) is 15.5 Å². The highest BCUT2D eigenvalue weighted by atomic mass is 19.1. The van der Waals surface area contributed by atoms with E-state index in [1.165, 1.54) is 42.6 Å².